The lowest BCUT2D eigenvalue weighted by atomic mass is 10.1. The number of H-pyrrole nitrogens is 1. The molecule has 0 bridgehead atoms. The minimum Gasteiger partial charge on any atom is -0.356 e. The van der Waals surface area contributed by atoms with Gasteiger partial charge in [-0.15, -0.1) is 24.0 Å². The van der Waals surface area contributed by atoms with Crippen molar-refractivity contribution < 1.29 is 4.79 Å². The first kappa shape index (κ1) is 24.8. The molecule has 1 aromatic heterocycles. The zero-order valence-electron chi connectivity index (χ0n) is 19.1. The molecule has 4 rings (SSSR count). The molecule has 0 radical (unpaired) electrons. The molecule has 0 atom stereocenters. The third-order valence-corrected chi connectivity index (χ3v) is 5.72. The summed E-state index contributed by atoms with van der Waals surface area (Å²) in [5.41, 5.74) is 4.63. The topological polar surface area (TPSA) is 76.6 Å². The van der Waals surface area contributed by atoms with Crippen LogP contribution in [0.4, 0.5) is 0 Å². The second kappa shape index (κ2) is 11.8. The molecule has 0 saturated carbocycles. The van der Waals surface area contributed by atoms with Crippen molar-refractivity contribution in [1.82, 2.24) is 25.1 Å². The largest absolute Gasteiger partial charge is 0.356 e. The fourth-order valence-corrected chi connectivity index (χ4v) is 4.00. The van der Waals surface area contributed by atoms with Crippen LogP contribution in [0.3, 0.4) is 0 Å². The second-order valence-corrected chi connectivity index (χ2v) is 8.06. The molecule has 1 aliphatic rings. The molecule has 2 N–H and O–H groups in total. The molecule has 33 heavy (non-hydrogen) atoms. The molecule has 1 aliphatic heterocycles. The highest BCUT2D eigenvalue weighted by Crippen LogP contribution is 2.23. The molecule has 3 aromatic rings. The van der Waals surface area contributed by atoms with Gasteiger partial charge in [0.25, 0.3) is 0 Å². The van der Waals surface area contributed by atoms with E-state index in [-0.39, 0.29) is 29.9 Å². The number of carbonyl (C=O) groups is 1. The Hall–Kier alpha value is -2.88. The van der Waals surface area contributed by atoms with Crippen molar-refractivity contribution in [3.05, 3.63) is 77.7 Å². The summed E-state index contributed by atoms with van der Waals surface area (Å²) in [4.78, 5) is 28.8. The molecular formula is C25H31IN6O. The first-order valence-corrected chi connectivity index (χ1v) is 11.0. The number of benzene rings is 2. The van der Waals surface area contributed by atoms with Gasteiger partial charge in [0.2, 0.25) is 5.91 Å². The van der Waals surface area contributed by atoms with E-state index in [0.29, 0.717) is 19.5 Å². The molecule has 0 spiro atoms. The highest BCUT2D eigenvalue weighted by Gasteiger charge is 2.22. The molecule has 0 fully saturated rings. The standard InChI is InChI=1S/C25H30N6O.HI/c1-26-25(30(2)18-23-28-15-22(29-23)19-9-4-3-5-10-19)27-14-8-13-24(32)31-16-20-11-6-7-12-21(20)17-31;/h3-7,9-12,15H,8,13-14,16-18H2,1-2H3,(H,26,27)(H,28,29);1H. The van der Waals surface area contributed by atoms with Gasteiger partial charge in [0.15, 0.2) is 5.96 Å². The van der Waals surface area contributed by atoms with Crippen LogP contribution < -0.4 is 5.32 Å². The van der Waals surface area contributed by atoms with Crippen molar-refractivity contribution in [1.29, 1.82) is 0 Å². The Labute approximate surface area is 212 Å². The molecule has 174 valence electrons. The van der Waals surface area contributed by atoms with Crippen LogP contribution in [-0.4, -0.2) is 52.3 Å². The number of amides is 1. The predicted octanol–water partition coefficient (Wildman–Crippen LogP) is 4.02. The summed E-state index contributed by atoms with van der Waals surface area (Å²) >= 11 is 0. The Morgan fingerprint density at radius 3 is 2.45 bits per heavy atom. The average Bonchev–Trinajstić information content (AvgIpc) is 3.46. The number of halogens is 1. The van der Waals surface area contributed by atoms with E-state index in [1.807, 2.05) is 53.4 Å². The van der Waals surface area contributed by atoms with Gasteiger partial charge in [-0.25, -0.2) is 4.98 Å². The highest BCUT2D eigenvalue weighted by atomic mass is 127. The molecule has 0 unspecified atom stereocenters. The van der Waals surface area contributed by atoms with Crippen LogP contribution in [0.5, 0.6) is 0 Å². The number of imidazole rings is 1. The van der Waals surface area contributed by atoms with Gasteiger partial charge in [0.05, 0.1) is 18.4 Å². The summed E-state index contributed by atoms with van der Waals surface area (Å²) < 4.78 is 0. The Kier molecular flexibility index (Phi) is 8.87. The van der Waals surface area contributed by atoms with E-state index >= 15 is 0 Å². The lowest BCUT2D eigenvalue weighted by molar-refractivity contribution is -0.131. The van der Waals surface area contributed by atoms with Gasteiger partial charge in [0, 0.05) is 40.2 Å². The zero-order valence-corrected chi connectivity index (χ0v) is 21.5. The molecule has 2 heterocycles. The monoisotopic (exact) mass is 558 g/mol. The van der Waals surface area contributed by atoms with Gasteiger partial charge >= 0.3 is 0 Å². The first-order valence-electron chi connectivity index (χ1n) is 11.0. The maximum Gasteiger partial charge on any atom is 0.223 e. The SMILES string of the molecule is CN=C(NCCCC(=O)N1Cc2ccccc2C1)N(C)Cc1ncc(-c2ccccc2)[nH]1.I. The average molecular weight is 558 g/mol. The summed E-state index contributed by atoms with van der Waals surface area (Å²) in [6, 6.07) is 18.4. The number of hydrogen-bond donors (Lipinski definition) is 2. The molecule has 0 aliphatic carbocycles. The van der Waals surface area contributed by atoms with Crippen LogP contribution >= 0.6 is 24.0 Å². The summed E-state index contributed by atoms with van der Waals surface area (Å²) in [5, 5.41) is 3.35. The highest BCUT2D eigenvalue weighted by molar-refractivity contribution is 14.0. The van der Waals surface area contributed by atoms with E-state index in [9.17, 15) is 4.79 Å². The summed E-state index contributed by atoms with van der Waals surface area (Å²) in [7, 11) is 3.75. The summed E-state index contributed by atoms with van der Waals surface area (Å²) in [6.07, 6.45) is 3.15. The number of guanidine groups is 1. The number of rotatable bonds is 7. The molecule has 8 heteroatoms. The number of aromatic amines is 1. The number of aliphatic imine (C=N–C) groups is 1. The fourth-order valence-electron chi connectivity index (χ4n) is 4.00. The quantitative estimate of drug-likeness (QED) is 0.199. The molecule has 7 nitrogen and oxygen atoms in total. The van der Waals surface area contributed by atoms with E-state index in [4.69, 9.17) is 0 Å². The van der Waals surface area contributed by atoms with Crippen LogP contribution in [0.1, 0.15) is 29.8 Å². The number of nitrogens with one attached hydrogen (secondary N) is 2. The van der Waals surface area contributed by atoms with Crippen LogP contribution in [0.25, 0.3) is 11.3 Å². The second-order valence-electron chi connectivity index (χ2n) is 8.06. The van der Waals surface area contributed by atoms with Crippen molar-refractivity contribution >= 4 is 35.8 Å². The van der Waals surface area contributed by atoms with Crippen LogP contribution in [0, 0.1) is 0 Å². The Morgan fingerprint density at radius 1 is 1.12 bits per heavy atom. The van der Waals surface area contributed by atoms with E-state index in [0.717, 1.165) is 42.6 Å². The van der Waals surface area contributed by atoms with E-state index in [1.54, 1.807) is 7.05 Å². The lowest BCUT2D eigenvalue weighted by Crippen LogP contribution is -2.39. The molecule has 2 aromatic carbocycles. The molecular weight excluding hydrogens is 527 g/mol. The van der Waals surface area contributed by atoms with Crippen LogP contribution in [0.15, 0.2) is 65.8 Å². The Bertz CT molecular complexity index is 1060. The van der Waals surface area contributed by atoms with Crippen molar-refractivity contribution in [2.24, 2.45) is 4.99 Å². The third-order valence-electron chi connectivity index (χ3n) is 5.72. The molecule has 1 amide bonds. The van der Waals surface area contributed by atoms with Gasteiger partial charge < -0.3 is 20.1 Å². The molecule has 0 saturated heterocycles. The maximum atomic E-state index is 12.6. The smallest absolute Gasteiger partial charge is 0.223 e. The third kappa shape index (κ3) is 6.34. The van der Waals surface area contributed by atoms with Gasteiger partial charge in [-0.3, -0.25) is 9.79 Å². The zero-order chi connectivity index (χ0) is 22.3. The number of nitrogens with zero attached hydrogens (tertiary/aromatic N) is 4. The summed E-state index contributed by atoms with van der Waals surface area (Å²) in [5.74, 6) is 1.86. The Balaban J connectivity index is 0.00000306. The number of carbonyl (C=O) groups excluding carboxylic acids is 1. The minimum atomic E-state index is 0. The number of fused-ring (bicyclic) bond motifs is 1. The lowest BCUT2D eigenvalue weighted by Gasteiger charge is -2.21. The number of hydrogen-bond acceptors (Lipinski definition) is 3. The van der Waals surface area contributed by atoms with Crippen molar-refractivity contribution in [3.8, 4) is 11.3 Å². The normalized spacial score (nSPS) is 12.8. The first-order chi connectivity index (χ1) is 15.6. The summed E-state index contributed by atoms with van der Waals surface area (Å²) in [6.45, 7) is 2.75. The van der Waals surface area contributed by atoms with Crippen LogP contribution in [-0.2, 0) is 24.4 Å². The van der Waals surface area contributed by atoms with Crippen molar-refractivity contribution in [2.45, 2.75) is 32.5 Å². The fraction of sp³-hybridized carbons (Fsp3) is 0.320. The number of aromatic nitrogens is 2. The van der Waals surface area contributed by atoms with Gasteiger partial charge in [-0.1, -0.05) is 54.6 Å². The van der Waals surface area contributed by atoms with Gasteiger partial charge in [-0.05, 0) is 23.1 Å². The minimum absolute atomic E-state index is 0. The van der Waals surface area contributed by atoms with E-state index in [2.05, 4.69) is 44.5 Å². The van der Waals surface area contributed by atoms with E-state index < -0.39 is 0 Å². The van der Waals surface area contributed by atoms with Gasteiger partial charge in [-0.2, -0.15) is 0 Å². The predicted molar refractivity (Wildman–Crippen MR) is 142 cm³/mol. The van der Waals surface area contributed by atoms with Crippen molar-refractivity contribution in [3.63, 3.8) is 0 Å². The van der Waals surface area contributed by atoms with Crippen LogP contribution in [0.2, 0.25) is 0 Å². The van der Waals surface area contributed by atoms with E-state index in [1.165, 1.54) is 11.1 Å². The van der Waals surface area contributed by atoms with Crippen molar-refractivity contribution in [2.75, 3.05) is 20.6 Å². The Morgan fingerprint density at radius 2 is 1.79 bits per heavy atom. The maximum absolute atomic E-state index is 12.6. The van der Waals surface area contributed by atoms with Gasteiger partial charge in [0.1, 0.15) is 5.82 Å².